The number of carbonyl (C=O) groups is 1. The lowest BCUT2D eigenvalue weighted by Crippen LogP contribution is -2.15. The molecule has 9 heteroatoms. The van der Waals surface area contributed by atoms with Crippen LogP contribution in [0.5, 0.6) is 11.5 Å². The molecular formula is C14H15ClN4O3S. The van der Waals surface area contributed by atoms with E-state index < -0.39 is 0 Å². The average Bonchev–Trinajstić information content (AvgIpc) is 2.79. The second kappa shape index (κ2) is 7.10. The second-order valence-electron chi connectivity index (χ2n) is 4.89. The van der Waals surface area contributed by atoms with Crippen molar-refractivity contribution in [1.29, 1.82) is 0 Å². The van der Waals surface area contributed by atoms with Crippen LogP contribution in [-0.2, 0) is 11.8 Å². The predicted octanol–water partition coefficient (Wildman–Crippen LogP) is 2.36. The van der Waals surface area contributed by atoms with Gasteiger partial charge in [-0.3, -0.25) is 4.79 Å². The molecule has 3 rings (SSSR count). The van der Waals surface area contributed by atoms with E-state index in [0.29, 0.717) is 40.6 Å². The fraction of sp³-hybridized carbons (Fsp3) is 0.357. The molecule has 0 fully saturated rings. The minimum atomic E-state index is -0.186. The molecule has 0 unspecified atom stereocenters. The van der Waals surface area contributed by atoms with Crippen molar-refractivity contribution in [1.82, 2.24) is 14.8 Å². The summed E-state index contributed by atoms with van der Waals surface area (Å²) in [5, 5.41) is 11.5. The standard InChI is InChI=1S/C14H15ClN4O3S/c1-19-8-16-18-14(19)23-7-13(20)17-10-6-12-11(5-9(10)15)21-3-2-4-22-12/h5-6,8H,2-4,7H2,1H3,(H,17,20). The molecule has 1 aromatic heterocycles. The number of anilines is 1. The molecule has 2 aromatic rings. The van der Waals surface area contributed by atoms with Crippen molar-refractivity contribution in [2.24, 2.45) is 7.05 Å². The van der Waals surface area contributed by atoms with E-state index in [2.05, 4.69) is 15.5 Å². The number of nitrogens with zero attached hydrogens (tertiary/aromatic N) is 3. The molecule has 23 heavy (non-hydrogen) atoms. The smallest absolute Gasteiger partial charge is 0.234 e. The highest BCUT2D eigenvalue weighted by atomic mass is 35.5. The normalized spacial score (nSPS) is 13.5. The highest BCUT2D eigenvalue weighted by Crippen LogP contribution is 2.37. The van der Waals surface area contributed by atoms with Gasteiger partial charge < -0.3 is 19.4 Å². The van der Waals surface area contributed by atoms with Gasteiger partial charge in [-0.1, -0.05) is 23.4 Å². The van der Waals surface area contributed by atoms with Gasteiger partial charge >= 0.3 is 0 Å². The average molecular weight is 355 g/mol. The van der Waals surface area contributed by atoms with E-state index in [-0.39, 0.29) is 11.7 Å². The van der Waals surface area contributed by atoms with Gasteiger partial charge in [-0.15, -0.1) is 10.2 Å². The lowest BCUT2D eigenvalue weighted by molar-refractivity contribution is -0.113. The van der Waals surface area contributed by atoms with Crippen molar-refractivity contribution in [2.45, 2.75) is 11.6 Å². The first kappa shape index (κ1) is 15.9. The van der Waals surface area contributed by atoms with Crippen molar-refractivity contribution in [3.05, 3.63) is 23.5 Å². The molecule has 122 valence electrons. The van der Waals surface area contributed by atoms with Gasteiger partial charge in [0.15, 0.2) is 16.7 Å². The quantitative estimate of drug-likeness (QED) is 0.849. The summed E-state index contributed by atoms with van der Waals surface area (Å²) in [5.41, 5.74) is 0.500. The maximum absolute atomic E-state index is 12.1. The Kier molecular flexibility index (Phi) is 4.92. The van der Waals surface area contributed by atoms with Crippen molar-refractivity contribution in [3.63, 3.8) is 0 Å². The van der Waals surface area contributed by atoms with Crippen molar-refractivity contribution in [3.8, 4) is 11.5 Å². The molecule has 7 nitrogen and oxygen atoms in total. The molecule has 2 heterocycles. The number of halogens is 1. The van der Waals surface area contributed by atoms with E-state index in [4.69, 9.17) is 21.1 Å². The summed E-state index contributed by atoms with van der Waals surface area (Å²) in [6.07, 6.45) is 2.39. The van der Waals surface area contributed by atoms with E-state index >= 15 is 0 Å². The first-order valence-electron chi connectivity index (χ1n) is 6.99. The largest absolute Gasteiger partial charge is 0.490 e. The van der Waals surface area contributed by atoms with Crippen LogP contribution in [0, 0.1) is 0 Å². The minimum Gasteiger partial charge on any atom is -0.490 e. The Hall–Kier alpha value is -1.93. The third-order valence-electron chi connectivity index (χ3n) is 3.11. The number of carbonyl (C=O) groups excluding carboxylic acids is 1. The Morgan fingerprint density at radius 2 is 2.13 bits per heavy atom. The zero-order valence-electron chi connectivity index (χ0n) is 12.4. The maximum Gasteiger partial charge on any atom is 0.234 e. The molecule has 0 radical (unpaired) electrons. The number of aromatic nitrogens is 3. The van der Waals surface area contributed by atoms with Gasteiger partial charge in [-0.25, -0.2) is 0 Å². The lowest BCUT2D eigenvalue weighted by atomic mass is 10.2. The molecule has 0 spiro atoms. The predicted molar refractivity (Wildman–Crippen MR) is 87.4 cm³/mol. The number of thioether (sulfide) groups is 1. The Labute approximate surface area is 142 Å². The summed E-state index contributed by atoms with van der Waals surface area (Å²) in [7, 11) is 1.82. The number of hydrogen-bond donors (Lipinski definition) is 1. The number of fused-ring (bicyclic) bond motifs is 1. The fourth-order valence-corrected chi connectivity index (χ4v) is 2.89. The van der Waals surface area contributed by atoms with Gasteiger partial charge in [0.05, 0.1) is 29.7 Å². The topological polar surface area (TPSA) is 78.3 Å². The monoisotopic (exact) mass is 354 g/mol. The van der Waals surface area contributed by atoms with E-state index in [9.17, 15) is 4.79 Å². The van der Waals surface area contributed by atoms with Crippen molar-refractivity contribution < 1.29 is 14.3 Å². The summed E-state index contributed by atoms with van der Waals surface area (Å²) in [6.45, 7) is 1.16. The summed E-state index contributed by atoms with van der Waals surface area (Å²) < 4.78 is 12.9. The summed E-state index contributed by atoms with van der Waals surface area (Å²) in [4.78, 5) is 12.1. The summed E-state index contributed by atoms with van der Waals surface area (Å²) in [5.74, 6) is 1.20. The molecule has 1 aliphatic rings. The summed E-state index contributed by atoms with van der Waals surface area (Å²) >= 11 is 7.50. The number of nitrogens with one attached hydrogen (secondary N) is 1. The van der Waals surface area contributed by atoms with Crippen LogP contribution < -0.4 is 14.8 Å². The maximum atomic E-state index is 12.1. The molecule has 0 atom stereocenters. The van der Waals surface area contributed by atoms with Gasteiger partial charge in [-0.2, -0.15) is 0 Å². The van der Waals surface area contributed by atoms with E-state index in [1.54, 1.807) is 23.0 Å². The Morgan fingerprint density at radius 1 is 1.39 bits per heavy atom. The number of benzene rings is 1. The fourth-order valence-electron chi connectivity index (χ4n) is 2.00. The molecule has 1 amide bonds. The number of hydrogen-bond acceptors (Lipinski definition) is 6. The van der Waals surface area contributed by atoms with E-state index in [0.717, 1.165) is 6.42 Å². The first-order valence-corrected chi connectivity index (χ1v) is 8.35. The molecule has 1 aliphatic heterocycles. The van der Waals surface area contributed by atoms with E-state index in [1.807, 2.05) is 7.05 Å². The van der Waals surface area contributed by atoms with Crippen LogP contribution in [0.3, 0.4) is 0 Å². The highest BCUT2D eigenvalue weighted by molar-refractivity contribution is 7.99. The van der Waals surface area contributed by atoms with Crippen LogP contribution >= 0.6 is 23.4 Å². The second-order valence-corrected chi connectivity index (χ2v) is 6.24. The Bertz CT molecular complexity index is 722. The van der Waals surface area contributed by atoms with Crippen molar-refractivity contribution in [2.75, 3.05) is 24.3 Å². The van der Waals surface area contributed by atoms with Gasteiger partial charge in [0, 0.05) is 25.6 Å². The Balaban J connectivity index is 1.66. The van der Waals surface area contributed by atoms with Crippen LogP contribution in [0.4, 0.5) is 5.69 Å². The zero-order chi connectivity index (χ0) is 16.2. The number of aryl methyl sites for hydroxylation is 1. The Morgan fingerprint density at radius 3 is 2.83 bits per heavy atom. The molecule has 0 saturated carbocycles. The molecule has 0 bridgehead atoms. The van der Waals surface area contributed by atoms with Gasteiger partial charge in [0.25, 0.3) is 0 Å². The van der Waals surface area contributed by atoms with Crippen LogP contribution in [0.2, 0.25) is 5.02 Å². The number of amides is 1. The van der Waals surface area contributed by atoms with Crippen LogP contribution in [0.25, 0.3) is 0 Å². The van der Waals surface area contributed by atoms with Gasteiger partial charge in [0.1, 0.15) is 6.33 Å². The third-order valence-corrected chi connectivity index (χ3v) is 4.46. The third kappa shape index (κ3) is 3.89. The highest BCUT2D eigenvalue weighted by Gasteiger charge is 2.16. The number of ether oxygens (including phenoxy) is 2. The minimum absolute atomic E-state index is 0.186. The molecule has 1 N–H and O–H groups in total. The van der Waals surface area contributed by atoms with Gasteiger partial charge in [0.2, 0.25) is 5.91 Å². The zero-order valence-corrected chi connectivity index (χ0v) is 14.0. The van der Waals surface area contributed by atoms with Crippen LogP contribution in [-0.4, -0.2) is 39.6 Å². The summed E-state index contributed by atoms with van der Waals surface area (Å²) in [6, 6.07) is 3.35. The molecular weight excluding hydrogens is 340 g/mol. The first-order chi connectivity index (χ1) is 11.1. The van der Waals surface area contributed by atoms with E-state index in [1.165, 1.54) is 11.8 Å². The molecule has 0 saturated heterocycles. The lowest BCUT2D eigenvalue weighted by Gasteiger charge is -2.12. The van der Waals surface area contributed by atoms with Crippen LogP contribution in [0.15, 0.2) is 23.6 Å². The van der Waals surface area contributed by atoms with Gasteiger partial charge in [-0.05, 0) is 0 Å². The number of rotatable bonds is 4. The van der Waals surface area contributed by atoms with Crippen molar-refractivity contribution >= 4 is 35.0 Å². The molecule has 1 aromatic carbocycles. The SMILES string of the molecule is Cn1cnnc1SCC(=O)Nc1cc2c(cc1Cl)OCCCO2. The van der Waals surface area contributed by atoms with Crippen LogP contribution in [0.1, 0.15) is 6.42 Å². The molecule has 0 aliphatic carbocycles.